The van der Waals surface area contributed by atoms with Crippen LogP contribution in [-0.4, -0.2) is 62.6 Å². The summed E-state index contributed by atoms with van der Waals surface area (Å²) in [6.45, 7) is 10.8. The second-order valence-electron chi connectivity index (χ2n) is 7.27. The number of anilines is 1. The first kappa shape index (κ1) is 15.5. The molecular weight excluding hydrogens is 302 g/mol. The van der Waals surface area contributed by atoms with Gasteiger partial charge in [-0.25, -0.2) is 9.97 Å². The summed E-state index contributed by atoms with van der Waals surface area (Å²) in [4.78, 5) is 15.6. The van der Waals surface area contributed by atoms with Crippen LogP contribution < -0.4 is 4.90 Å². The molecule has 24 heavy (non-hydrogen) atoms. The van der Waals surface area contributed by atoms with E-state index >= 15 is 0 Å². The molecule has 2 fully saturated rings. The highest BCUT2D eigenvalue weighted by molar-refractivity contribution is 5.41. The van der Waals surface area contributed by atoms with Gasteiger partial charge in [-0.3, -0.25) is 0 Å². The van der Waals surface area contributed by atoms with Gasteiger partial charge in [0.2, 0.25) is 0 Å². The Kier molecular flexibility index (Phi) is 4.18. The van der Waals surface area contributed by atoms with Crippen molar-refractivity contribution in [3.05, 3.63) is 30.5 Å². The number of likely N-dealkylation sites (tertiary alicyclic amines) is 1. The predicted molar refractivity (Wildman–Crippen MR) is 91.8 cm³/mol. The first-order valence-corrected chi connectivity index (χ1v) is 8.82. The van der Waals surface area contributed by atoms with Crippen LogP contribution in [0.1, 0.15) is 25.5 Å². The summed E-state index contributed by atoms with van der Waals surface area (Å²) in [5.74, 6) is 3.02. The van der Waals surface area contributed by atoms with Crippen molar-refractivity contribution in [1.29, 1.82) is 0 Å². The zero-order valence-electron chi connectivity index (χ0n) is 14.4. The number of hydrogen-bond donors (Lipinski definition) is 0. The molecule has 0 aromatic carbocycles. The van der Waals surface area contributed by atoms with Crippen LogP contribution in [-0.2, 0) is 6.54 Å². The van der Waals surface area contributed by atoms with Crippen molar-refractivity contribution in [2.24, 2.45) is 11.8 Å². The minimum absolute atomic E-state index is 0.445. The SMILES string of the molecule is CC(C)c1cc(N2CC3CN(CCn4nccn4)CC3C2)ncn1. The predicted octanol–water partition coefficient (Wildman–Crippen LogP) is 1.26. The monoisotopic (exact) mass is 327 g/mol. The minimum Gasteiger partial charge on any atom is -0.356 e. The topological polar surface area (TPSA) is 63.0 Å². The van der Waals surface area contributed by atoms with Gasteiger partial charge in [0.1, 0.15) is 12.1 Å². The van der Waals surface area contributed by atoms with Crippen LogP contribution in [0, 0.1) is 11.8 Å². The maximum absolute atomic E-state index is 4.50. The van der Waals surface area contributed by atoms with E-state index in [2.05, 4.69) is 49.9 Å². The third kappa shape index (κ3) is 3.13. The van der Waals surface area contributed by atoms with Gasteiger partial charge in [-0.15, -0.1) is 0 Å². The fraction of sp³-hybridized carbons (Fsp3) is 0.647. The molecule has 2 unspecified atom stereocenters. The van der Waals surface area contributed by atoms with Crippen LogP contribution in [0.3, 0.4) is 0 Å². The minimum atomic E-state index is 0.445. The van der Waals surface area contributed by atoms with Crippen LogP contribution in [0.15, 0.2) is 24.8 Å². The molecule has 4 rings (SSSR count). The second-order valence-corrected chi connectivity index (χ2v) is 7.27. The maximum atomic E-state index is 4.50. The summed E-state index contributed by atoms with van der Waals surface area (Å²) < 4.78 is 0. The van der Waals surface area contributed by atoms with E-state index in [9.17, 15) is 0 Å². The molecular formula is C17H25N7. The highest BCUT2D eigenvalue weighted by atomic mass is 15.5. The lowest BCUT2D eigenvalue weighted by atomic mass is 10.0. The van der Waals surface area contributed by atoms with Crippen molar-refractivity contribution >= 4 is 5.82 Å². The average molecular weight is 327 g/mol. The lowest BCUT2D eigenvalue weighted by Gasteiger charge is -2.22. The number of nitrogens with zero attached hydrogens (tertiary/aromatic N) is 7. The second kappa shape index (κ2) is 6.47. The molecule has 0 amide bonds. The third-order valence-corrected chi connectivity index (χ3v) is 5.23. The molecule has 2 saturated heterocycles. The number of hydrogen-bond acceptors (Lipinski definition) is 6. The van der Waals surface area contributed by atoms with Crippen LogP contribution in [0.5, 0.6) is 0 Å². The quantitative estimate of drug-likeness (QED) is 0.824. The van der Waals surface area contributed by atoms with E-state index in [4.69, 9.17) is 0 Å². The molecule has 2 aromatic rings. The molecule has 0 saturated carbocycles. The Morgan fingerprint density at radius 2 is 1.71 bits per heavy atom. The van der Waals surface area contributed by atoms with E-state index < -0.39 is 0 Å². The Morgan fingerprint density at radius 3 is 2.38 bits per heavy atom. The van der Waals surface area contributed by atoms with Gasteiger partial charge in [0, 0.05) is 44.5 Å². The average Bonchev–Trinajstić information content (AvgIpc) is 3.29. The summed E-state index contributed by atoms with van der Waals surface area (Å²) in [6, 6.07) is 2.16. The van der Waals surface area contributed by atoms with Gasteiger partial charge in [-0.05, 0) is 17.8 Å². The lowest BCUT2D eigenvalue weighted by Crippen LogP contribution is -2.31. The van der Waals surface area contributed by atoms with Gasteiger partial charge < -0.3 is 9.80 Å². The number of fused-ring (bicyclic) bond motifs is 1. The highest BCUT2D eigenvalue weighted by Gasteiger charge is 2.40. The van der Waals surface area contributed by atoms with Crippen molar-refractivity contribution in [2.75, 3.05) is 37.6 Å². The first-order valence-electron chi connectivity index (χ1n) is 8.82. The zero-order valence-corrected chi connectivity index (χ0v) is 14.4. The first-order chi connectivity index (χ1) is 11.7. The standard InChI is InChI=1S/C17H25N7/c1-13(2)16-7-17(19-12-18-16)23-10-14-8-22(9-15(14)11-23)5-6-24-20-3-4-21-24/h3-4,7,12-15H,5-6,8-11H2,1-2H3. The van der Waals surface area contributed by atoms with Gasteiger partial charge in [0.25, 0.3) is 0 Å². The molecule has 0 spiro atoms. The van der Waals surface area contributed by atoms with Gasteiger partial charge in [0.15, 0.2) is 0 Å². The number of rotatable bonds is 5. The lowest BCUT2D eigenvalue weighted by molar-refractivity contribution is 0.289. The van der Waals surface area contributed by atoms with E-state index in [0.717, 1.165) is 49.5 Å². The zero-order chi connectivity index (χ0) is 16.5. The highest BCUT2D eigenvalue weighted by Crippen LogP contribution is 2.33. The summed E-state index contributed by atoms with van der Waals surface area (Å²) in [5.41, 5.74) is 1.13. The Morgan fingerprint density at radius 1 is 1.00 bits per heavy atom. The molecule has 0 radical (unpaired) electrons. The molecule has 7 heteroatoms. The maximum Gasteiger partial charge on any atom is 0.132 e. The Labute approximate surface area is 142 Å². The molecule has 7 nitrogen and oxygen atoms in total. The smallest absolute Gasteiger partial charge is 0.132 e. The Hall–Kier alpha value is -2.02. The molecule has 4 heterocycles. The van der Waals surface area contributed by atoms with E-state index in [-0.39, 0.29) is 0 Å². The number of aromatic nitrogens is 5. The molecule has 0 N–H and O–H groups in total. The summed E-state index contributed by atoms with van der Waals surface area (Å²) in [6.07, 6.45) is 5.19. The van der Waals surface area contributed by atoms with Crippen molar-refractivity contribution in [3.63, 3.8) is 0 Å². The molecule has 0 bridgehead atoms. The fourth-order valence-electron chi connectivity index (χ4n) is 3.90. The Balaban J connectivity index is 1.33. The van der Waals surface area contributed by atoms with Gasteiger partial charge in [-0.2, -0.15) is 15.0 Å². The molecule has 128 valence electrons. The van der Waals surface area contributed by atoms with Crippen LogP contribution in [0.4, 0.5) is 5.82 Å². The van der Waals surface area contributed by atoms with E-state index in [1.807, 2.05) is 0 Å². The third-order valence-electron chi connectivity index (χ3n) is 5.23. The van der Waals surface area contributed by atoms with Crippen molar-refractivity contribution in [2.45, 2.75) is 26.3 Å². The van der Waals surface area contributed by atoms with E-state index in [1.165, 1.54) is 13.1 Å². The van der Waals surface area contributed by atoms with Crippen LogP contribution in [0.2, 0.25) is 0 Å². The molecule has 2 aliphatic heterocycles. The molecule has 0 aliphatic carbocycles. The van der Waals surface area contributed by atoms with E-state index in [0.29, 0.717) is 5.92 Å². The summed E-state index contributed by atoms with van der Waals surface area (Å²) >= 11 is 0. The molecule has 2 atom stereocenters. The van der Waals surface area contributed by atoms with Gasteiger partial charge >= 0.3 is 0 Å². The summed E-state index contributed by atoms with van der Waals surface area (Å²) in [5, 5.41) is 8.36. The molecule has 2 aliphatic rings. The molecule has 2 aromatic heterocycles. The van der Waals surface area contributed by atoms with E-state index in [1.54, 1.807) is 23.5 Å². The van der Waals surface area contributed by atoms with Crippen molar-refractivity contribution < 1.29 is 0 Å². The van der Waals surface area contributed by atoms with Crippen molar-refractivity contribution in [1.82, 2.24) is 29.9 Å². The van der Waals surface area contributed by atoms with Crippen molar-refractivity contribution in [3.8, 4) is 0 Å². The van der Waals surface area contributed by atoms with Crippen LogP contribution in [0.25, 0.3) is 0 Å². The largest absolute Gasteiger partial charge is 0.356 e. The van der Waals surface area contributed by atoms with Gasteiger partial charge in [-0.1, -0.05) is 13.8 Å². The Bertz CT molecular complexity index is 655. The van der Waals surface area contributed by atoms with Crippen LogP contribution >= 0.6 is 0 Å². The normalized spacial score (nSPS) is 24.0. The summed E-state index contributed by atoms with van der Waals surface area (Å²) in [7, 11) is 0. The fourth-order valence-corrected chi connectivity index (χ4v) is 3.90. The van der Waals surface area contributed by atoms with Gasteiger partial charge in [0.05, 0.1) is 18.9 Å².